The van der Waals surface area contributed by atoms with Gasteiger partial charge in [-0.3, -0.25) is 9.59 Å². The highest BCUT2D eigenvalue weighted by molar-refractivity contribution is 7.99. The third kappa shape index (κ3) is 5.32. The van der Waals surface area contributed by atoms with Crippen LogP contribution in [0.4, 0.5) is 18.9 Å². The molecule has 3 aromatic rings. The summed E-state index contributed by atoms with van der Waals surface area (Å²) in [7, 11) is 0. The van der Waals surface area contributed by atoms with Crippen molar-refractivity contribution in [3.63, 3.8) is 0 Å². The maximum atomic E-state index is 13.7. The van der Waals surface area contributed by atoms with Gasteiger partial charge in [0, 0.05) is 21.4 Å². The molecule has 3 atom stereocenters. The maximum Gasteiger partial charge on any atom is 0.416 e. The van der Waals surface area contributed by atoms with E-state index in [1.807, 2.05) is 18.2 Å². The lowest BCUT2D eigenvalue weighted by molar-refractivity contribution is -0.137. The Morgan fingerprint density at radius 1 is 1.00 bits per heavy atom. The fourth-order valence-corrected chi connectivity index (χ4v) is 6.30. The van der Waals surface area contributed by atoms with Crippen molar-refractivity contribution in [1.29, 1.82) is 0 Å². The Balaban J connectivity index is 1.49. The lowest BCUT2D eigenvalue weighted by atomic mass is 9.78. The smallest absolute Gasteiger partial charge is 0.349 e. The summed E-state index contributed by atoms with van der Waals surface area (Å²) in [5.41, 5.74) is 1.34. The number of hydrogen-bond donors (Lipinski definition) is 1. The van der Waals surface area contributed by atoms with Crippen LogP contribution in [0.15, 0.2) is 76.5 Å². The van der Waals surface area contributed by atoms with Gasteiger partial charge in [-0.2, -0.15) is 13.2 Å². The molecule has 0 unspecified atom stereocenters. The van der Waals surface area contributed by atoms with E-state index >= 15 is 0 Å². The first-order valence-electron chi connectivity index (χ1n) is 12.8. The minimum absolute atomic E-state index is 0.0705. The molecule has 0 bridgehead atoms. The molecule has 1 fully saturated rings. The Bertz CT molecular complexity index is 1360. The largest absolute Gasteiger partial charge is 0.416 e. The second-order valence-corrected chi connectivity index (χ2v) is 11.3. The molecule has 0 saturated heterocycles. The number of halogens is 3. The third-order valence-corrected chi connectivity index (χ3v) is 8.88. The van der Waals surface area contributed by atoms with Gasteiger partial charge in [0.05, 0.1) is 23.4 Å². The summed E-state index contributed by atoms with van der Waals surface area (Å²) >= 11 is 1.44. The normalized spacial score (nSPS) is 21.3. The van der Waals surface area contributed by atoms with Crippen molar-refractivity contribution in [3.05, 3.63) is 89.0 Å². The van der Waals surface area contributed by atoms with E-state index in [1.165, 1.54) is 23.9 Å². The second-order valence-electron chi connectivity index (χ2n) is 10.2. The molecule has 2 aliphatic rings. The summed E-state index contributed by atoms with van der Waals surface area (Å²) in [6.07, 6.45) is -1.27. The average molecular weight is 539 g/mol. The zero-order valence-corrected chi connectivity index (χ0v) is 22.0. The summed E-state index contributed by atoms with van der Waals surface area (Å²) in [5, 5.41) is 3.20. The van der Waals surface area contributed by atoms with Crippen LogP contribution in [-0.4, -0.2) is 17.9 Å². The minimum atomic E-state index is -4.44. The van der Waals surface area contributed by atoms with Gasteiger partial charge in [0.2, 0.25) is 0 Å². The average Bonchev–Trinajstić information content (AvgIpc) is 3.00. The summed E-state index contributed by atoms with van der Waals surface area (Å²) in [6.45, 7) is 4.45. The Morgan fingerprint density at radius 2 is 1.74 bits per heavy atom. The Kier molecular flexibility index (Phi) is 7.27. The zero-order chi connectivity index (χ0) is 27.0. The lowest BCUT2D eigenvalue weighted by Crippen LogP contribution is -2.43. The summed E-state index contributed by atoms with van der Waals surface area (Å²) in [6, 6.07) is 17.5. The number of nitrogens with one attached hydrogen (secondary N) is 1. The zero-order valence-electron chi connectivity index (χ0n) is 21.2. The van der Waals surface area contributed by atoms with Gasteiger partial charge in [-0.1, -0.05) is 62.7 Å². The molecule has 1 aliphatic carbocycles. The number of hydrogen-bond acceptors (Lipinski definition) is 3. The van der Waals surface area contributed by atoms with Crippen LogP contribution in [0.25, 0.3) is 0 Å². The molecular weight excluding hydrogens is 509 g/mol. The van der Waals surface area contributed by atoms with Gasteiger partial charge in [-0.25, -0.2) is 0 Å². The Morgan fingerprint density at radius 3 is 2.47 bits per heavy atom. The quantitative estimate of drug-likeness (QED) is 0.373. The number of amides is 2. The van der Waals surface area contributed by atoms with Gasteiger partial charge in [-0.05, 0) is 66.3 Å². The Labute approximate surface area is 224 Å². The van der Waals surface area contributed by atoms with Crippen LogP contribution in [0, 0.1) is 11.8 Å². The molecule has 0 aromatic heterocycles. The number of rotatable bonds is 4. The number of carbonyl (C=O) groups excluding carboxylic acids is 2. The number of anilines is 1. The maximum absolute atomic E-state index is 13.7. The molecule has 1 aliphatic heterocycles. The minimum Gasteiger partial charge on any atom is -0.349 e. The second kappa shape index (κ2) is 10.5. The van der Waals surface area contributed by atoms with Gasteiger partial charge >= 0.3 is 6.18 Å². The number of benzene rings is 3. The van der Waals surface area contributed by atoms with Crippen LogP contribution in [0.1, 0.15) is 65.0 Å². The van der Waals surface area contributed by atoms with Gasteiger partial charge in [0.1, 0.15) is 0 Å². The van der Waals surface area contributed by atoms with Crippen LogP contribution >= 0.6 is 11.8 Å². The van der Waals surface area contributed by atoms with E-state index in [4.69, 9.17) is 0 Å². The number of carbonyl (C=O) groups is 2. The van der Waals surface area contributed by atoms with Crippen LogP contribution < -0.4 is 10.2 Å². The lowest BCUT2D eigenvalue weighted by Gasteiger charge is -2.34. The molecular formula is C30H29F3N2O2S. The fourth-order valence-electron chi connectivity index (χ4n) is 5.24. The van der Waals surface area contributed by atoms with Crippen LogP contribution in [0.2, 0.25) is 0 Å². The summed E-state index contributed by atoms with van der Waals surface area (Å²) in [5.74, 6) is 0.454. The van der Waals surface area contributed by atoms with Crippen molar-refractivity contribution in [1.82, 2.24) is 5.32 Å². The van der Waals surface area contributed by atoms with Crippen molar-refractivity contribution in [2.45, 2.75) is 61.7 Å². The molecule has 4 nitrogen and oxygen atoms in total. The van der Waals surface area contributed by atoms with E-state index in [1.54, 1.807) is 29.2 Å². The van der Waals surface area contributed by atoms with E-state index in [0.29, 0.717) is 34.2 Å². The molecule has 1 N–H and O–H groups in total. The molecule has 2 amide bonds. The van der Waals surface area contributed by atoms with E-state index in [-0.39, 0.29) is 24.4 Å². The molecule has 5 rings (SSSR count). The predicted octanol–water partition coefficient (Wildman–Crippen LogP) is 7.57. The third-order valence-electron chi connectivity index (χ3n) is 7.74. The fraction of sp³-hybridized carbons (Fsp3) is 0.333. The predicted molar refractivity (Wildman–Crippen MR) is 142 cm³/mol. The highest BCUT2D eigenvalue weighted by Gasteiger charge is 2.32. The SMILES string of the molecule is C[C@@H]1[C@H](C)CCC[C@@H]1NC(=O)c1ccc2c(c1)N(Cc1ccc(C(F)(F)F)cc1)C(=O)c1ccccc1S2. The van der Waals surface area contributed by atoms with Crippen LogP contribution in [-0.2, 0) is 12.7 Å². The standard InChI is InChI=1S/C30H29F3N2O2S/c1-18-6-5-8-24(19(18)2)34-28(36)21-12-15-27-25(16-21)35(29(37)23-7-3-4-9-26(23)38-27)17-20-10-13-22(14-11-20)30(31,32)33/h3-4,7,9-16,18-19,24H,5-6,8,17H2,1-2H3,(H,34,36)/t18-,19-,24+/m1/s1. The molecule has 0 radical (unpaired) electrons. The molecule has 3 aromatic carbocycles. The van der Waals surface area contributed by atoms with Gasteiger partial charge in [-0.15, -0.1) is 0 Å². The summed E-state index contributed by atoms with van der Waals surface area (Å²) < 4.78 is 39.3. The Hall–Kier alpha value is -3.26. The van der Waals surface area contributed by atoms with Crippen molar-refractivity contribution >= 4 is 29.3 Å². The van der Waals surface area contributed by atoms with Gasteiger partial charge in [0.25, 0.3) is 11.8 Å². The highest BCUT2D eigenvalue weighted by Crippen LogP contribution is 2.42. The molecule has 198 valence electrons. The van der Waals surface area contributed by atoms with Gasteiger partial charge in [0.15, 0.2) is 0 Å². The topological polar surface area (TPSA) is 49.4 Å². The van der Waals surface area contributed by atoms with Crippen LogP contribution in [0.3, 0.4) is 0 Å². The monoisotopic (exact) mass is 538 g/mol. The number of fused-ring (bicyclic) bond motifs is 2. The first-order valence-corrected chi connectivity index (χ1v) is 13.6. The van der Waals surface area contributed by atoms with Crippen molar-refractivity contribution < 1.29 is 22.8 Å². The van der Waals surface area contributed by atoms with E-state index < -0.39 is 11.7 Å². The van der Waals surface area contributed by atoms with Crippen molar-refractivity contribution in [2.75, 3.05) is 4.90 Å². The number of alkyl halides is 3. The number of nitrogens with zero attached hydrogens (tertiary/aromatic N) is 1. The summed E-state index contributed by atoms with van der Waals surface area (Å²) in [4.78, 5) is 30.2. The van der Waals surface area contributed by atoms with E-state index in [0.717, 1.165) is 41.2 Å². The first kappa shape index (κ1) is 26.4. The molecule has 1 heterocycles. The highest BCUT2D eigenvalue weighted by atomic mass is 32.2. The van der Waals surface area contributed by atoms with Gasteiger partial charge < -0.3 is 10.2 Å². The molecule has 1 saturated carbocycles. The molecule has 38 heavy (non-hydrogen) atoms. The van der Waals surface area contributed by atoms with Crippen LogP contribution in [0.5, 0.6) is 0 Å². The van der Waals surface area contributed by atoms with E-state index in [9.17, 15) is 22.8 Å². The molecule has 8 heteroatoms. The van der Waals surface area contributed by atoms with Crippen molar-refractivity contribution in [2.24, 2.45) is 11.8 Å². The molecule has 0 spiro atoms. The van der Waals surface area contributed by atoms with E-state index in [2.05, 4.69) is 19.2 Å². The first-order chi connectivity index (χ1) is 18.1. The van der Waals surface area contributed by atoms with Crippen molar-refractivity contribution in [3.8, 4) is 0 Å².